The summed E-state index contributed by atoms with van der Waals surface area (Å²) in [6, 6.07) is 29.6. The van der Waals surface area contributed by atoms with Crippen molar-refractivity contribution in [1.82, 2.24) is 9.55 Å². The number of halogens is 1. The summed E-state index contributed by atoms with van der Waals surface area (Å²) < 4.78 is 21.8. The van der Waals surface area contributed by atoms with Crippen molar-refractivity contribution in [1.29, 1.82) is 0 Å². The second kappa shape index (κ2) is 6.04. The monoisotopic (exact) mass is 378 g/mol. The van der Waals surface area contributed by atoms with Crippen LogP contribution in [0.4, 0.5) is 4.39 Å². The van der Waals surface area contributed by atoms with Crippen molar-refractivity contribution < 1.29 is 8.81 Å². The molecule has 0 fully saturated rings. The third-order valence-electron chi connectivity index (χ3n) is 5.32. The Morgan fingerprint density at radius 2 is 1.34 bits per heavy atom. The molecule has 6 rings (SSSR count). The number of benzene rings is 4. The fraction of sp³-hybridized carbons (Fsp3) is 0. The van der Waals surface area contributed by atoms with Gasteiger partial charge in [-0.1, -0.05) is 42.5 Å². The van der Waals surface area contributed by atoms with E-state index in [9.17, 15) is 4.39 Å². The molecule has 0 saturated carbocycles. The highest BCUT2D eigenvalue weighted by Gasteiger charge is 2.14. The first-order chi connectivity index (χ1) is 14.3. The molecule has 6 aromatic rings. The van der Waals surface area contributed by atoms with Gasteiger partial charge in [0.1, 0.15) is 5.52 Å². The fourth-order valence-electron chi connectivity index (χ4n) is 3.99. The predicted octanol–water partition coefficient (Wildman–Crippen LogP) is 6.73. The minimum Gasteiger partial charge on any atom is -0.433 e. The van der Waals surface area contributed by atoms with Crippen molar-refractivity contribution in [3.63, 3.8) is 0 Å². The molecule has 0 radical (unpaired) electrons. The highest BCUT2D eigenvalue weighted by atomic mass is 19.1. The first-order valence-corrected chi connectivity index (χ1v) is 9.44. The summed E-state index contributed by atoms with van der Waals surface area (Å²) >= 11 is 0. The highest BCUT2D eigenvalue weighted by molar-refractivity contribution is 6.09. The smallest absolute Gasteiger partial charge is 0.227 e. The molecule has 0 saturated heterocycles. The molecule has 29 heavy (non-hydrogen) atoms. The molecule has 0 aliphatic heterocycles. The Morgan fingerprint density at radius 1 is 0.690 bits per heavy atom. The lowest BCUT2D eigenvalue weighted by Crippen LogP contribution is -1.93. The van der Waals surface area contributed by atoms with E-state index in [1.54, 1.807) is 12.1 Å². The minimum absolute atomic E-state index is 0.189. The van der Waals surface area contributed by atoms with Gasteiger partial charge in [-0.05, 0) is 48.5 Å². The number of hydrogen-bond donors (Lipinski definition) is 0. The van der Waals surface area contributed by atoms with E-state index in [1.165, 1.54) is 16.8 Å². The molecule has 0 bridgehead atoms. The van der Waals surface area contributed by atoms with Crippen molar-refractivity contribution in [2.24, 2.45) is 0 Å². The lowest BCUT2D eigenvalue weighted by molar-refractivity contribution is 0.564. The van der Waals surface area contributed by atoms with Crippen molar-refractivity contribution in [2.75, 3.05) is 0 Å². The van der Waals surface area contributed by atoms with Gasteiger partial charge in [-0.2, -0.15) is 0 Å². The Hall–Kier alpha value is -3.92. The van der Waals surface area contributed by atoms with Crippen LogP contribution in [0.2, 0.25) is 0 Å². The number of hydrogen-bond acceptors (Lipinski definition) is 2. The molecule has 0 atom stereocenters. The Bertz CT molecular complexity index is 1460. The maximum absolute atomic E-state index is 13.9. The van der Waals surface area contributed by atoms with E-state index in [1.807, 2.05) is 24.3 Å². The summed E-state index contributed by atoms with van der Waals surface area (Å²) in [5.41, 5.74) is 4.88. The lowest BCUT2D eigenvalue weighted by Gasteiger charge is -2.08. The van der Waals surface area contributed by atoms with Crippen LogP contribution in [-0.2, 0) is 0 Å². The number of rotatable bonds is 2. The zero-order valence-electron chi connectivity index (χ0n) is 15.3. The normalized spacial score (nSPS) is 11.6. The van der Waals surface area contributed by atoms with Crippen LogP contribution in [-0.4, -0.2) is 9.55 Å². The summed E-state index contributed by atoms with van der Waals surface area (Å²) in [5, 5.41) is 2.45. The second-order valence-electron chi connectivity index (χ2n) is 7.02. The summed E-state index contributed by atoms with van der Waals surface area (Å²) in [4.78, 5) is 4.42. The van der Waals surface area contributed by atoms with E-state index in [0.717, 1.165) is 22.3 Å². The molecular formula is C25H15FN2O. The number of oxazole rings is 1. The van der Waals surface area contributed by atoms with Crippen LogP contribution in [0, 0.1) is 5.82 Å². The molecule has 4 aromatic carbocycles. The van der Waals surface area contributed by atoms with Gasteiger partial charge in [0, 0.05) is 22.0 Å². The summed E-state index contributed by atoms with van der Waals surface area (Å²) in [7, 11) is 0. The van der Waals surface area contributed by atoms with Crippen LogP contribution in [0.25, 0.3) is 50.0 Å². The molecule has 0 amide bonds. The topological polar surface area (TPSA) is 31.0 Å². The van der Waals surface area contributed by atoms with E-state index in [4.69, 9.17) is 4.42 Å². The summed E-state index contributed by atoms with van der Waals surface area (Å²) in [6.07, 6.45) is 0. The summed E-state index contributed by atoms with van der Waals surface area (Å²) in [5.74, 6) is 0.0158. The van der Waals surface area contributed by atoms with Gasteiger partial charge in [0.15, 0.2) is 11.4 Å². The van der Waals surface area contributed by atoms with Crippen molar-refractivity contribution in [2.45, 2.75) is 0 Å². The van der Waals surface area contributed by atoms with Gasteiger partial charge in [-0.3, -0.25) is 0 Å². The molecule has 3 nitrogen and oxygen atoms in total. The predicted molar refractivity (Wildman–Crippen MR) is 114 cm³/mol. The molecule has 2 aromatic heterocycles. The molecular weight excluding hydrogens is 363 g/mol. The van der Waals surface area contributed by atoms with Crippen LogP contribution >= 0.6 is 0 Å². The van der Waals surface area contributed by atoms with Crippen LogP contribution in [0.15, 0.2) is 95.4 Å². The average Bonchev–Trinajstić information content (AvgIpc) is 3.34. The van der Waals surface area contributed by atoms with E-state index in [0.29, 0.717) is 11.4 Å². The van der Waals surface area contributed by atoms with E-state index < -0.39 is 5.82 Å². The molecule has 138 valence electrons. The molecule has 0 aliphatic rings. The van der Waals surface area contributed by atoms with Gasteiger partial charge in [0.05, 0.1) is 11.0 Å². The number of para-hydroxylation sites is 3. The van der Waals surface area contributed by atoms with Gasteiger partial charge < -0.3 is 8.98 Å². The largest absolute Gasteiger partial charge is 0.433 e. The number of aromatic nitrogens is 2. The maximum Gasteiger partial charge on any atom is 0.227 e. The average molecular weight is 378 g/mol. The van der Waals surface area contributed by atoms with E-state index in [-0.39, 0.29) is 5.58 Å². The van der Waals surface area contributed by atoms with E-state index >= 15 is 0 Å². The maximum atomic E-state index is 13.9. The van der Waals surface area contributed by atoms with Crippen molar-refractivity contribution in [3.05, 3.63) is 96.8 Å². The zero-order valence-corrected chi connectivity index (χ0v) is 15.3. The zero-order chi connectivity index (χ0) is 19.4. The number of nitrogens with zero attached hydrogens (tertiary/aromatic N) is 2. The fourth-order valence-corrected chi connectivity index (χ4v) is 3.99. The molecule has 4 heteroatoms. The Labute approximate surface area is 165 Å². The molecule has 0 unspecified atom stereocenters. The van der Waals surface area contributed by atoms with Crippen LogP contribution < -0.4 is 0 Å². The van der Waals surface area contributed by atoms with E-state index in [2.05, 4.69) is 58.1 Å². The minimum atomic E-state index is -0.400. The Kier molecular flexibility index (Phi) is 3.35. The Balaban J connectivity index is 1.51. The molecule has 0 spiro atoms. The van der Waals surface area contributed by atoms with Crippen LogP contribution in [0.1, 0.15) is 0 Å². The molecule has 0 aliphatic carbocycles. The second-order valence-corrected chi connectivity index (χ2v) is 7.02. The highest BCUT2D eigenvalue weighted by Crippen LogP contribution is 2.33. The molecule has 2 heterocycles. The molecule has 0 N–H and O–H groups in total. The van der Waals surface area contributed by atoms with Gasteiger partial charge in [-0.15, -0.1) is 0 Å². The third kappa shape index (κ3) is 2.39. The van der Waals surface area contributed by atoms with Gasteiger partial charge in [-0.25, -0.2) is 9.37 Å². The van der Waals surface area contributed by atoms with Crippen LogP contribution in [0.5, 0.6) is 0 Å². The first kappa shape index (κ1) is 16.1. The lowest BCUT2D eigenvalue weighted by atomic mass is 10.2. The van der Waals surface area contributed by atoms with Gasteiger partial charge in [0.25, 0.3) is 0 Å². The number of fused-ring (bicyclic) bond motifs is 4. The SMILES string of the molecule is Fc1cccc2nc(-c3ccc(-n4c5ccccc5c5ccccc54)cc3)oc12. The summed E-state index contributed by atoms with van der Waals surface area (Å²) in [6.45, 7) is 0. The van der Waals surface area contributed by atoms with Gasteiger partial charge >= 0.3 is 0 Å². The van der Waals surface area contributed by atoms with Crippen molar-refractivity contribution >= 4 is 32.9 Å². The standard InChI is InChI=1S/C25H15FN2O/c26-20-8-5-9-21-24(20)29-25(27-21)16-12-14-17(15-13-16)28-22-10-3-1-6-18(22)19-7-2-4-11-23(19)28/h1-15H. The van der Waals surface area contributed by atoms with Crippen LogP contribution in [0.3, 0.4) is 0 Å². The quantitative estimate of drug-likeness (QED) is 0.334. The first-order valence-electron chi connectivity index (χ1n) is 9.44. The Morgan fingerprint density at radius 3 is 2.00 bits per heavy atom. The third-order valence-corrected chi connectivity index (χ3v) is 5.32. The van der Waals surface area contributed by atoms with Gasteiger partial charge in [0.2, 0.25) is 5.89 Å². The van der Waals surface area contributed by atoms with Crippen molar-refractivity contribution in [3.8, 4) is 17.1 Å².